The van der Waals surface area contributed by atoms with E-state index in [4.69, 9.17) is 4.99 Å². The largest absolute Gasteiger partial charge is 0.357 e. The van der Waals surface area contributed by atoms with Crippen molar-refractivity contribution in [1.82, 2.24) is 20.5 Å². The van der Waals surface area contributed by atoms with E-state index in [0.29, 0.717) is 12.6 Å². The summed E-state index contributed by atoms with van der Waals surface area (Å²) in [6.07, 6.45) is 2.57. The van der Waals surface area contributed by atoms with E-state index >= 15 is 0 Å². The number of guanidine groups is 1. The number of hydrogen-bond donors (Lipinski definition) is 2. The number of hydrogen-bond acceptors (Lipinski definition) is 5. The Morgan fingerprint density at radius 1 is 1.21 bits per heavy atom. The number of nitrogens with one attached hydrogen (secondary N) is 2. The number of aliphatic imine (C=N–C) groups is 1. The Morgan fingerprint density at radius 2 is 1.93 bits per heavy atom. The number of thiazole rings is 1. The molecule has 2 aromatic rings. The van der Waals surface area contributed by atoms with E-state index in [9.17, 15) is 0 Å². The Hall–Kier alpha value is -1.39. The van der Waals surface area contributed by atoms with E-state index in [-0.39, 0.29) is 24.0 Å². The van der Waals surface area contributed by atoms with Crippen LogP contribution in [0.15, 0.2) is 40.7 Å². The molecule has 0 aliphatic carbocycles. The first-order valence-electron chi connectivity index (χ1n) is 10.1. The molecule has 1 aliphatic heterocycles. The molecule has 2 heterocycles. The molecule has 6 nitrogen and oxygen atoms in total. The fourth-order valence-corrected chi connectivity index (χ4v) is 4.21. The van der Waals surface area contributed by atoms with Crippen molar-refractivity contribution in [2.24, 2.45) is 4.99 Å². The Bertz CT molecular complexity index is 743. The normalized spacial score (nSPS) is 15.6. The molecule has 0 spiro atoms. The Kier molecular flexibility index (Phi) is 10.2. The summed E-state index contributed by atoms with van der Waals surface area (Å²) in [5.41, 5.74) is 2.37. The summed E-state index contributed by atoms with van der Waals surface area (Å²) in [6.45, 7) is 6.70. The molecule has 29 heavy (non-hydrogen) atoms. The van der Waals surface area contributed by atoms with E-state index in [2.05, 4.69) is 63.2 Å². The SMILES string of the molecule is CCNC(=NCc1csc(N(C)C)n1)NCC(c1ccccc1)N1CCCC1.I. The standard InChI is InChI=1S/C21H32N6S.HI/c1-4-22-20(23-14-18-16-28-21(25-18)26(2)3)24-15-19(27-12-8-9-13-27)17-10-6-5-7-11-17;/h5-7,10-11,16,19H,4,8-9,12-15H2,1-3H3,(H2,22,23,24);1H. The summed E-state index contributed by atoms with van der Waals surface area (Å²) >= 11 is 1.65. The van der Waals surface area contributed by atoms with Crippen molar-refractivity contribution in [2.45, 2.75) is 32.4 Å². The lowest BCUT2D eigenvalue weighted by Crippen LogP contribution is -2.42. The van der Waals surface area contributed by atoms with Crippen LogP contribution in [0.4, 0.5) is 5.13 Å². The van der Waals surface area contributed by atoms with E-state index in [1.807, 2.05) is 19.0 Å². The Labute approximate surface area is 195 Å². The zero-order valence-corrected chi connectivity index (χ0v) is 20.7. The van der Waals surface area contributed by atoms with Crippen LogP contribution in [0.1, 0.15) is 37.1 Å². The van der Waals surface area contributed by atoms with E-state index in [1.54, 1.807) is 11.3 Å². The first-order valence-corrected chi connectivity index (χ1v) is 11.0. The number of rotatable bonds is 8. The minimum absolute atomic E-state index is 0. The topological polar surface area (TPSA) is 55.8 Å². The summed E-state index contributed by atoms with van der Waals surface area (Å²) in [5.74, 6) is 0.849. The van der Waals surface area contributed by atoms with Gasteiger partial charge in [0.25, 0.3) is 0 Å². The third-order valence-electron chi connectivity index (χ3n) is 4.89. The summed E-state index contributed by atoms with van der Waals surface area (Å²) in [4.78, 5) is 14.0. The van der Waals surface area contributed by atoms with Gasteiger partial charge in [0.1, 0.15) is 0 Å². The van der Waals surface area contributed by atoms with Gasteiger partial charge in [-0.3, -0.25) is 4.90 Å². The molecule has 1 unspecified atom stereocenters. The van der Waals surface area contributed by atoms with Crippen molar-refractivity contribution in [1.29, 1.82) is 0 Å². The monoisotopic (exact) mass is 528 g/mol. The van der Waals surface area contributed by atoms with Crippen LogP contribution in [0.2, 0.25) is 0 Å². The summed E-state index contributed by atoms with van der Waals surface area (Å²) < 4.78 is 0. The van der Waals surface area contributed by atoms with Gasteiger partial charge >= 0.3 is 0 Å². The van der Waals surface area contributed by atoms with Gasteiger partial charge in [-0.05, 0) is 38.4 Å². The molecule has 3 rings (SSSR count). The molecule has 1 fully saturated rings. The van der Waals surface area contributed by atoms with Crippen LogP contribution in [-0.2, 0) is 6.54 Å². The van der Waals surface area contributed by atoms with Gasteiger partial charge in [0.15, 0.2) is 11.1 Å². The second-order valence-corrected chi connectivity index (χ2v) is 8.10. The van der Waals surface area contributed by atoms with Gasteiger partial charge in [-0.1, -0.05) is 30.3 Å². The van der Waals surface area contributed by atoms with Crippen molar-refractivity contribution in [3.63, 3.8) is 0 Å². The molecule has 0 saturated carbocycles. The maximum absolute atomic E-state index is 4.75. The van der Waals surface area contributed by atoms with Crippen molar-refractivity contribution in [3.05, 3.63) is 47.0 Å². The fraction of sp³-hybridized carbons (Fsp3) is 0.524. The minimum atomic E-state index is 0. The van der Waals surface area contributed by atoms with Gasteiger partial charge in [0.05, 0.1) is 18.3 Å². The maximum Gasteiger partial charge on any atom is 0.191 e. The second kappa shape index (κ2) is 12.3. The number of aromatic nitrogens is 1. The molecule has 0 bridgehead atoms. The third kappa shape index (κ3) is 7.11. The van der Waals surface area contributed by atoms with Crippen molar-refractivity contribution in [3.8, 4) is 0 Å². The van der Waals surface area contributed by atoms with Crippen LogP contribution in [-0.4, -0.2) is 56.1 Å². The van der Waals surface area contributed by atoms with Crippen molar-refractivity contribution < 1.29 is 0 Å². The maximum atomic E-state index is 4.75. The number of nitrogens with zero attached hydrogens (tertiary/aromatic N) is 4. The highest BCUT2D eigenvalue weighted by molar-refractivity contribution is 14.0. The van der Waals surface area contributed by atoms with Gasteiger partial charge in [0.2, 0.25) is 0 Å². The lowest BCUT2D eigenvalue weighted by Gasteiger charge is -2.29. The van der Waals surface area contributed by atoms with E-state index in [1.165, 1.54) is 31.5 Å². The molecular formula is C21H33IN6S. The highest BCUT2D eigenvalue weighted by Gasteiger charge is 2.23. The summed E-state index contributed by atoms with van der Waals surface area (Å²) in [5, 5.41) is 10.0. The van der Waals surface area contributed by atoms with E-state index < -0.39 is 0 Å². The summed E-state index contributed by atoms with van der Waals surface area (Å²) in [7, 11) is 4.03. The molecule has 8 heteroatoms. The average molecular weight is 529 g/mol. The highest BCUT2D eigenvalue weighted by Crippen LogP contribution is 2.24. The molecule has 0 amide bonds. The predicted molar refractivity (Wildman–Crippen MR) is 135 cm³/mol. The number of halogens is 1. The highest BCUT2D eigenvalue weighted by atomic mass is 127. The molecule has 1 saturated heterocycles. The molecule has 2 N–H and O–H groups in total. The van der Waals surface area contributed by atoms with E-state index in [0.717, 1.165) is 29.9 Å². The van der Waals surface area contributed by atoms with Gasteiger partial charge in [0, 0.05) is 32.6 Å². The minimum Gasteiger partial charge on any atom is -0.357 e. The molecule has 1 aromatic carbocycles. The fourth-order valence-electron chi connectivity index (χ4n) is 3.46. The Morgan fingerprint density at radius 3 is 2.55 bits per heavy atom. The lowest BCUT2D eigenvalue weighted by molar-refractivity contribution is 0.245. The lowest BCUT2D eigenvalue weighted by atomic mass is 10.1. The third-order valence-corrected chi connectivity index (χ3v) is 5.95. The van der Waals surface area contributed by atoms with Gasteiger partial charge in [-0.2, -0.15) is 0 Å². The van der Waals surface area contributed by atoms with Crippen LogP contribution < -0.4 is 15.5 Å². The first kappa shape index (κ1) is 23.9. The zero-order valence-electron chi connectivity index (χ0n) is 17.6. The first-order chi connectivity index (χ1) is 13.7. The van der Waals surface area contributed by atoms with Crippen LogP contribution in [0.5, 0.6) is 0 Å². The average Bonchev–Trinajstić information content (AvgIpc) is 3.39. The number of anilines is 1. The number of benzene rings is 1. The second-order valence-electron chi connectivity index (χ2n) is 7.26. The smallest absolute Gasteiger partial charge is 0.191 e. The van der Waals surface area contributed by atoms with Gasteiger partial charge in [-0.25, -0.2) is 9.98 Å². The molecule has 1 aromatic heterocycles. The quantitative estimate of drug-likeness (QED) is 0.311. The van der Waals surface area contributed by atoms with Crippen molar-refractivity contribution >= 4 is 46.4 Å². The molecular weight excluding hydrogens is 495 g/mol. The van der Waals surface area contributed by atoms with Crippen LogP contribution >= 0.6 is 35.3 Å². The predicted octanol–water partition coefficient (Wildman–Crippen LogP) is 3.72. The Balaban J connectivity index is 0.00000300. The van der Waals surface area contributed by atoms with Crippen molar-refractivity contribution in [2.75, 3.05) is 45.2 Å². The molecule has 1 atom stereocenters. The summed E-state index contributed by atoms with van der Waals surface area (Å²) in [6, 6.07) is 11.2. The van der Waals surface area contributed by atoms with Gasteiger partial charge in [-0.15, -0.1) is 35.3 Å². The van der Waals surface area contributed by atoms with Crippen LogP contribution in [0.25, 0.3) is 0 Å². The molecule has 160 valence electrons. The zero-order chi connectivity index (χ0) is 19.8. The number of likely N-dealkylation sites (tertiary alicyclic amines) is 1. The van der Waals surface area contributed by atoms with Crippen LogP contribution in [0, 0.1) is 0 Å². The van der Waals surface area contributed by atoms with Gasteiger partial charge < -0.3 is 15.5 Å². The molecule has 1 aliphatic rings. The molecule has 0 radical (unpaired) electrons. The van der Waals surface area contributed by atoms with Crippen LogP contribution in [0.3, 0.4) is 0 Å².